The van der Waals surface area contributed by atoms with Gasteiger partial charge in [-0.3, -0.25) is 14.5 Å². The number of aromatic amines is 1. The summed E-state index contributed by atoms with van der Waals surface area (Å²) in [6.07, 6.45) is 7.76. The number of carbonyl (C=O) groups excluding carboxylic acids is 2. The van der Waals surface area contributed by atoms with Crippen LogP contribution in [-0.4, -0.2) is 44.0 Å². The van der Waals surface area contributed by atoms with Crippen LogP contribution >= 0.6 is 24.0 Å². The number of aromatic nitrogens is 1. The number of rotatable bonds is 5. The van der Waals surface area contributed by atoms with E-state index >= 15 is 0 Å². The number of amides is 2. The molecule has 1 aromatic carbocycles. The summed E-state index contributed by atoms with van der Waals surface area (Å²) in [6, 6.07) is 7.14. The van der Waals surface area contributed by atoms with E-state index in [-0.39, 0.29) is 11.8 Å². The Kier molecular flexibility index (Phi) is 6.29. The number of likely N-dealkylation sites (tertiary alicyclic amines) is 1. The lowest BCUT2D eigenvalue weighted by atomic mass is 10.0. The number of hydrogen-bond donors (Lipinski definition) is 1. The SMILES string of the molecule is CC(C)C/C=C1\SC(=S)N(C(C(=O)N2CCCCC2)c2c[nH]c3ccccc23)C1=O. The van der Waals surface area contributed by atoms with Crippen LogP contribution in [0.2, 0.25) is 0 Å². The molecule has 158 valence electrons. The van der Waals surface area contributed by atoms with Crippen LogP contribution in [0, 0.1) is 5.92 Å². The molecule has 7 heteroatoms. The lowest BCUT2D eigenvalue weighted by molar-refractivity contribution is -0.141. The molecule has 2 aliphatic heterocycles. The average molecular weight is 442 g/mol. The smallest absolute Gasteiger partial charge is 0.266 e. The summed E-state index contributed by atoms with van der Waals surface area (Å²) in [4.78, 5) is 34.4. The Morgan fingerprint density at radius 2 is 1.97 bits per heavy atom. The zero-order chi connectivity index (χ0) is 21.3. The van der Waals surface area contributed by atoms with Crippen molar-refractivity contribution in [1.82, 2.24) is 14.8 Å². The summed E-state index contributed by atoms with van der Waals surface area (Å²) in [7, 11) is 0. The Morgan fingerprint density at radius 1 is 1.23 bits per heavy atom. The highest BCUT2D eigenvalue weighted by atomic mass is 32.2. The van der Waals surface area contributed by atoms with Gasteiger partial charge in [-0.1, -0.05) is 62.1 Å². The van der Waals surface area contributed by atoms with Gasteiger partial charge < -0.3 is 9.88 Å². The molecule has 30 heavy (non-hydrogen) atoms. The largest absolute Gasteiger partial charge is 0.361 e. The third-order valence-corrected chi connectivity index (χ3v) is 7.05. The van der Waals surface area contributed by atoms with Gasteiger partial charge in [0, 0.05) is 35.8 Å². The Bertz CT molecular complexity index is 1000. The third-order valence-electron chi connectivity index (χ3n) is 5.67. The van der Waals surface area contributed by atoms with Crippen LogP contribution in [0.4, 0.5) is 0 Å². The highest BCUT2D eigenvalue weighted by Gasteiger charge is 2.43. The fraction of sp³-hybridized carbons (Fsp3) is 0.435. The van der Waals surface area contributed by atoms with Crippen LogP contribution in [0.1, 0.15) is 51.1 Å². The number of thioether (sulfide) groups is 1. The van der Waals surface area contributed by atoms with Gasteiger partial charge in [0.25, 0.3) is 11.8 Å². The maximum atomic E-state index is 13.7. The first-order valence-corrected chi connectivity index (χ1v) is 11.8. The number of piperidine rings is 1. The number of nitrogens with zero attached hydrogens (tertiary/aromatic N) is 2. The van der Waals surface area contributed by atoms with Crippen LogP contribution in [0.15, 0.2) is 41.4 Å². The van der Waals surface area contributed by atoms with Crippen molar-refractivity contribution in [2.75, 3.05) is 13.1 Å². The van der Waals surface area contributed by atoms with Gasteiger partial charge in [-0.25, -0.2) is 0 Å². The second kappa shape index (κ2) is 8.94. The van der Waals surface area contributed by atoms with Gasteiger partial charge in [0.05, 0.1) is 4.91 Å². The maximum Gasteiger partial charge on any atom is 0.266 e. The minimum absolute atomic E-state index is 0.0409. The van der Waals surface area contributed by atoms with E-state index in [0.717, 1.165) is 55.2 Å². The first-order chi connectivity index (χ1) is 14.5. The Hall–Kier alpha value is -2.12. The predicted octanol–water partition coefficient (Wildman–Crippen LogP) is 5.01. The van der Waals surface area contributed by atoms with Crippen molar-refractivity contribution in [2.24, 2.45) is 5.92 Å². The summed E-state index contributed by atoms with van der Waals surface area (Å²) in [5.41, 5.74) is 1.76. The molecule has 0 bridgehead atoms. The Balaban J connectivity index is 1.75. The van der Waals surface area contributed by atoms with E-state index < -0.39 is 6.04 Å². The number of hydrogen-bond acceptors (Lipinski definition) is 4. The minimum atomic E-state index is -0.739. The van der Waals surface area contributed by atoms with Crippen LogP contribution < -0.4 is 0 Å². The van der Waals surface area contributed by atoms with E-state index in [9.17, 15) is 9.59 Å². The van der Waals surface area contributed by atoms with Crippen LogP contribution in [0.25, 0.3) is 10.9 Å². The second-order valence-corrected chi connectivity index (χ2v) is 9.99. The van der Waals surface area contributed by atoms with Crippen LogP contribution in [-0.2, 0) is 9.59 Å². The second-order valence-electron chi connectivity index (χ2n) is 8.32. The van der Waals surface area contributed by atoms with Gasteiger partial charge in [0.15, 0.2) is 0 Å². The monoisotopic (exact) mass is 441 g/mol. The molecule has 2 amide bonds. The number of para-hydroxylation sites is 1. The molecule has 2 aromatic rings. The molecule has 2 aliphatic rings. The Morgan fingerprint density at radius 3 is 2.70 bits per heavy atom. The lowest BCUT2D eigenvalue weighted by Gasteiger charge is -2.33. The summed E-state index contributed by atoms with van der Waals surface area (Å²) < 4.78 is 0.454. The van der Waals surface area contributed by atoms with E-state index in [1.807, 2.05) is 41.4 Å². The number of fused-ring (bicyclic) bond motifs is 1. The molecule has 1 unspecified atom stereocenters. The van der Waals surface area contributed by atoms with Crippen molar-refractivity contribution in [1.29, 1.82) is 0 Å². The van der Waals surface area contributed by atoms with Crippen LogP contribution in [0.3, 0.4) is 0 Å². The van der Waals surface area contributed by atoms with E-state index in [1.54, 1.807) is 4.90 Å². The van der Waals surface area contributed by atoms with Crippen molar-refractivity contribution in [2.45, 2.75) is 45.6 Å². The summed E-state index contributed by atoms with van der Waals surface area (Å²) >= 11 is 6.92. The summed E-state index contributed by atoms with van der Waals surface area (Å²) in [5, 5.41) is 0.952. The fourth-order valence-corrected chi connectivity index (χ4v) is 5.37. The highest BCUT2D eigenvalue weighted by molar-refractivity contribution is 8.26. The number of H-pyrrole nitrogens is 1. The molecule has 2 fully saturated rings. The topological polar surface area (TPSA) is 56.4 Å². The quantitative estimate of drug-likeness (QED) is 0.523. The molecular weight excluding hydrogens is 414 g/mol. The predicted molar refractivity (Wildman–Crippen MR) is 126 cm³/mol. The number of carbonyl (C=O) groups is 2. The summed E-state index contributed by atoms with van der Waals surface area (Å²) in [5.74, 6) is 0.250. The Labute approximate surface area is 186 Å². The third kappa shape index (κ3) is 4.05. The highest BCUT2D eigenvalue weighted by Crippen LogP contribution is 2.40. The van der Waals surface area contributed by atoms with Crippen molar-refractivity contribution in [3.05, 3.63) is 47.0 Å². The molecule has 0 spiro atoms. The van der Waals surface area contributed by atoms with Crippen molar-refractivity contribution in [3.63, 3.8) is 0 Å². The van der Waals surface area contributed by atoms with E-state index in [2.05, 4.69) is 18.8 Å². The van der Waals surface area contributed by atoms with Gasteiger partial charge in [-0.15, -0.1) is 0 Å². The normalized spacial score (nSPS) is 20.0. The molecule has 0 aliphatic carbocycles. The maximum absolute atomic E-state index is 13.7. The molecule has 1 N–H and O–H groups in total. The van der Waals surface area contributed by atoms with Gasteiger partial charge in [-0.2, -0.15) is 0 Å². The average Bonchev–Trinajstić information content (AvgIpc) is 3.29. The molecule has 5 nitrogen and oxygen atoms in total. The molecule has 1 aromatic heterocycles. The van der Waals surface area contributed by atoms with Gasteiger partial charge in [-0.05, 0) is 37.7 Å². The summed E-state index contributed by atoms with van der Waals surface area (Å²) in [6.45, 7) is 5.70. The number of thiocarbonyl (C=S) groups is 1. The molecule has 1 atom stereocenters. The molecule has 3 heterocycles. The molecule has 0 saturated carbocycles. The number of allylic oxidation sites excluding steroid dienone is 1. The first kappa shape index (κ1) is 21.1. The van der Waals surface area contributed by atoms with Crippen molar-refractivity contribution < 1.29 is 9.59 Å². The van der Waals surface area contributed by atoms with E-state index in [0.29, 0.717) is 15.1 Å². The van der Waals surface area contributed by atoms with E-state index in [4.69, 9.17) is 12.2 Å². The molecule has 2 saturated heterocycles. The van der Waals surface area contributed by atoms with Gasteiger partial charge in [0.2, 0.25) is 0 Å². The fourth-order valence-electron chi connectivity index (χ4n) is 4.07. The minimum Gasteiger partial charge on any atom is -0.361 e. The lowest BCUT2D eigenvalue weighted by Crippen LogP contribution is -2.46. The molecule has 4 rings (SSSR count). The first-order valence-electron chi connectivity index (χ1n) is 10.6. The van der Waals surface area contributed by atoms with Crippen molar-refractivity contribution >= 4 is 51.0 Å². The van der Waals surface area contributed by atoms with Gasteiger partial charge >= 0.3 is 0 Å². The standard InChI is InChI=1S/C23H27N3O2S2/c1-15(2)10-11-19-21(27)26(23(29)30-19)20(22(28)25-12-6-3-7-13-25)17-14-24-18-9-5-4-8-16(17)18/h4-5,8-9,11,14-15,20,24H,3,6-7,10,12-13H2,1-2H3/b19-11-. The van der Waals surface area contributed by atoms with Crippen LogP contribution in [0.5, 0.6) is 0 Å². The van der Waals surface area contributed by atoms with E-state index in [1.165, 1.54) is 11.8 Å². The van der Waals surface area contributed by atoms with Gasteiger partial charge in [0.1, 0.15) is 10.4 Å². The molecular formula is C23H27N3O2S2. The number of benzene rings is 1. The number of nitrogens with one attached hydrogen (secondary N) is 1. The zero-order valence-electron chi connectivity index (χ0n) is 17.4. The zero-order valence-corrected chi connectivity index (χ0v) is 19.0. The van der Waals surface area contributed by atoms with Crippen molar-refractivity contribution in [3.8, 4) is 0 Å². The molecule has 0 radical (unpaired) electrons.